The number of benzene rings is 1. The molecule has 1 amide bonds. The Balaban J connectivity index is 1.61. The van der Waals surface area contributed by atoms with E-state index in [0.29, 0.717) is 17.8 Å². The fraction of sp³-hybridized carbons (Fsp3) is 0.312. The zero-order chi connectivity index (χ0) is 15.5. The lowest BCUT2D eigenvalue weighted by molar-refractivity contribution is -0.110. The van der Waals surface area contributed by atoms with E-state index in [1.165, 1.54) is 0 Å². The Hall–Kier alpha value is -2.63. The molecule has 1 aliphatic rings. The lowest BCUT2D eigenvalue weighted by Crippen LogP contribution is -2.21. The van der Waals surface area contributed by atoms with E-state index in [1.807, 2.05) is 44.2 Å². The molecule has 2 heterocycles. The zero-order valence-corrected chi connectivity index (χ0v) is 12.6. The highest BCUT2D eigenvalue weighted by atomic mass is 16.6. The molecule has 0 unspecified atom stereocenters. The maximum Gasteiger partial charge on any atom is 0.273 e. The maximum atomic E-state index is 12.2. The van der Waals surface area contributed by atoms with Crippen LogP contribution < -0.4 is 5.32 Å². The molecule has 0 aliphatic carbocycles. The van der Waals surface area contributed by atoms with Crippen molar-refractivity contribution in [1.82, 2.24) is 9.78 Å². The summed E-state index contributed by atoms with van der Waals surface area (Å²) in [5.41, 5.74) is 2.07. The van der Waals surface area contributed by atoms with Gasteiger partial charge in [-0.2, -0.15) is 5.10 Å². The third kappa shape index (κ3) is 3.00. The average molecular weight is 298 g/mol. The van der Waals surface area contributed by atoms with Gasteiger partial charge >= 0.3 is 0 Å². The second-order valence-electron chi connectivity index (χ2n) is 5.50. The Kier molecular flexibility index (Phi) is 3.91. The summed E-state index contributed by atoms with van der Waals surface area (Å²) < 4.78 is 1.79. The summed E-state index contributed by atoms with van der Waals surface area (Å²) in [5.74, 6) is -0.248. The van der Waals surface area contributed by atoms with Crippen molar-refractivity contribution in [1.29, 1.82) is 0 Å². The highest BCUT2D eigenvalue weighted by Gasteiger charge is 2.27. The van der Waals surface area contributed by atoms with Crippen molar-refractivity contribution in [2.75, 3.05) is 5.32 Å². The first-order valence-corrected chi connectivity index (χ1v) is 7.26. The van der Waals surface area contributed by atoms with Crippen LogP contribution in [0.2, 0.25) is 0 Å². The number of anilines is 1. The molecule has 0 spiro atoms. The van der Waals surface area contributed by atoms with Crippen LogP contribution in [-0.4, -0.2) is 21.4 Å². The van der Waals surface area contributed by atoms with Gasteiger partial charge in [-0.3, -0.25) is 9.48 Å². The molecule has 1 N–H and O–H groups in total. The second kappa shape index (κ2) is 6.01. The van der Waals surface area contributed by atoms with Crippen molar-refractivity contribution < 1.29 is 9.63 Å². The van der Waals surface area contributed by atoms with Gasteiger partial charge in [0.05, 0.1) is 11.9 Å². The Morgan fingerprint density at radius 2 is 2.14 bits per heavy atom. The quantitative estimate of drug-likeness (QED) is 0.943. The van der Waals surface area contributed by atoms with Crippen molar-refractivity contribution in [2.45, 2.75) is 32.4 Å². The minimum absolute atomic E-state index is 0.194. The number of carbonyl (C=O) groups is 1. The monoisotopic (exact) mass is 298 g/mol. The van der Waals surface area contributed by atoms with E-state index < -0.39 is 0 Å². The van der Waals surface area contributed by atoms with E-state index in [9.17, 15) is 4.79 Å². The fourth-order valence-electron chi connectivity index (χ4n) is 2.25. The molecule has 0 radical (unpaired) electrons. The van der Waals surface area contributed by atoms with Crippen LogP contribution >= 0.6 is 0 Å². The number of hydrogen-bond donors (Lipinski definition) is 1. The number of amides is 1. The summed E-state index contributed by atoms with van der Waals surface area (Å²) in [5, 5.41) is 10.9. The number of carbonyl (C=O) groups excluding carboxylic acids is 1. The minimum atomic E-state index is -0.248. The van der Waals surface area contributed by atoms with E-state index >= 15 is 0 Å². The molecule has 0 bridgehead atoms. The largest absolute Gasteiger partial charge is 0.387 e. The molecule has 2 aromatic rings. The van der Waals surface area contributed by atoms with Crippen LogP contribution in [0.1, 0.15) is 38.0 Å². The summed E-state index contributed by atoms with van der Waals surface area (Å²) in [6, 6.07) is 10.0. The molecule has 1 aromatic heterocycles. The fourth-order valence-corrected chi connectivity index (χ4v) is 2.25. The van der Waals surface area contributed by atoms with Gasteiger partial charge in [-0.1, -0.05) is 35.5 Å². The van der Waals surface area contributed by atoms with Crippen molar-refractivity contribution in [3.63, 3.8) is 0 Å². The van der Waals surface area contributed by atoms with E-state index in [0.717, 1.165) is 5.56 Å². The van der Waals surface area contributed by atoms with Crippen molar-refractivity contribution >= 4 is 17.3 Å². The molecular formula is C16H18N4O2. The van der Waals surface area contributed by atoms with E-state index in [4.69, 9.17) is 4.84 Å². The van der Waals surface area contributed by atoms with Crippen LogP contribution in [0.3, 0.4) is 0 Å². The first kappa shape index (κ1) is 14.3. The number of rotatable bonds is 4. The lowest BCUT2D eigenvalue weighted by atomic mass is 10.0. The topological polar surface area (TPSA) is 68.5 Å². The summed E-state index contributed by atoms with van der Waals surface area (Å²) in [6.45, 7) is 4.05. The summed E-state index contributed by atoms with van der Waals surface area (Å²) >= 11 is 0. The van der Waals surface area contributed by atoms with Crippen molar-refractivity contribution in [3.8, 4) is 0 Å². The number of hydrogen-bond acceptors (Lipinski definition) is 4. The van der Waals surface area contributed by atoms with Crippen LogP contribution in [0, 0.1) is 0 Å². The highest BCUT2D eigenvalue weighted by Crippen LogP contribution is 2.27. The molecule has 1 aliphatic heterocycles. The first-order valence-electron chi connectivity index (χ1n) is 7.26. The van der Waals surface area contributed by atoms with Gasteiger partial charge in [0, 0.05) is 18.7 Å². The Morgan fingerprint density at radius 3 is 2.82 bits per heavy atom. The van der Waals surface area contributed by atoms with E-state index in [2.05, 4.69) is 15.6 Å². The highest BCUT2D eigenvalue weighted by molar-refractivity contribution is 6.43. The lowest BCUT2D eigenvalue weighted by Gasteiger charge is -2.07. The summed E-state index contributed by atoms with van der Waals surface area (Å²) in [4.78, 5) is 17.6. The predicted molar refractivity (Wildman–Crippen MR) is 83.6 cm³/mol. The second-order valence-corrected chi connectivity index (χ2v) is 5.50. The Bertz CT molecular complexity index is 691. The van der Waals surface area contributed by atoms with Crippen LogP contribution in [0.5, 0.6) is 0 Å². The first-order chi connectivity index (χ1) is 10.6. The molecular weight excluding hydrogens is 280 g/mol. The molecule has 114 valence electrons. The van der Waals surface area contributed by atoms with Gasteiger partial charge in [0.15, 0.2) is 6.10 Å². The smallest absolute Gasteiger partial charge is 0.273 e. The summed E-state index contributed by atoms with van der Waals surface area (Å²) in [7, 11) is 0. The molecule has 6 heteroatoms. The van der Waals surface area contributed by atoms with Crippen molar-refractivity contribution in [2.24, 2.45) is 5.16 Å². The predicted octanol–water partition coefficient (Wildman–Crippen LogP) is 2.92. The van der Waals surface area contributed by atoms with Gasteiger partial charge in [-0.05, 0) is 19.4 Å². The third-order valence-electron chi connectivity index (χ3n) is 3.49. The van der Waals surface area contributed by atoms with Gasteiger partial charge < -0.3 is 10.2 Å². The van der Waals surface area contributed by atoms with Gasteiger partial charge in [0.25, 0.3) is 5.91 Å². The number of nitrogens with zero attached hydrogens (tertiary/aromatic N) is 3. The summed E-state index contributed by atoms with van der Waals surface area (Å²) in [6.07, 6.45) is 3.70. The van der Waals surface area contributed by atoms with Crippen molar-refractivity contribution in [3.05, 3.63) is 48.3 Å². The number of oxime groups is 1. The van der Waals surface area contributed by atoms with Crippen LogP contribution in [0.4, 0.5) is 5.69 Å². The van der Waals surface area contributed by atoms with Gasteiger partial charge in [-0.25, -0.2) is 0 Å². The van der Waals surface area contributed by atoms with Crippen LogP contribution in [0.15, 0.2) is 47.9 Å². The molecule has 0 fully saturated rings. The molecule has 6 nitrogen and oxygen atoms in total. The van der Waals surface area contributed by atoms with Gasteiger partial charge in [0.2, 0.25) is 0 Å². The molecule has 1 aromatic carbocycles. The molecule has 0 saturated carbocycles. The van der Waals surface area contributed by atoms with E-state index in [1.54, 1.807) is 17.1 Å². The number of aromatic nitrogens is 2. The minimum Gasteiger partial charge on any atom is -0.387 e. The SMILES string of the molecule is CC(C)n1cc(NC(=O)C2=NO[C@H](c3ccccc3)C2)cn1. The van der Waals surface area contributed by atoms with Gasteiger partial charge in [-0.15, -0.1) is 0 Å². The van der Waals surface area contributed by atoms with E-state index in [-0.39, 0.29) is 18.1 Å². The molecule has 22 heavy (non-hydrogen) atoms. The van der Waals surface area contributed by atoms with Gasteiger partial charge in [0.1, 0.15) is 5.71 Å². The standard InChI is InChI=1S/C16H18N4O2/c1-11(2)20-10-13(9-17-20)18-16(21)14-8-15(22-19-14)12-6-4-3-5-7-12/h3-7,9-11,15H,8H2,1-2H3,(H,18,21)/t15-/m0/s1. The zero-order valence-electron chi connectivity index (χ0n) is 12.6. The Labute approximate surface area is 128 Å². The Morgan fingerprint density at radius 1 is 1.36 bits per heavy atom. The third-order valence-corrected chi connectivity index (χ3v) is 3.49. The molecule has 1 atom stereocenters. The maximum absolute atomic E-state index is 12.2. The molecule has 3 rings (SSSR count). The van der Waals surface area contributed by atoms with Crippen LogP contribution in [-0.2, 0) is 9.63 Å². The number of nitrogens with one attached hydrogen (secondary N) is 1. The average Bonchev–Trinajstić information content (AvgIpc) is 3.17. The molecule has 0 saturated heterocycles. The van der Waals surface area contributed by atoms with Crippen LogP contribution in [0.25, 0.3) is 0 Å². The normalized spacial score (nSPS) is 17.2.